The summed E-state index contributed by atoms with van der Waals surface area (Å²) in [4.78, 5) is 2.29. The molecule has 0 aliphatic carbocycles. The molecule has 2 nitrogen and oxygen atoms in total. The molecule has 62 heavy (non-hydrogen) atoms. The Bertz CT molecular complexity index is 3310. The van der Waals surface area contributed by atoms with Gasteiger partial charge >= 0.3 is 0 Å². The van der Waals surface area contributed by atoms with E-state index >= 15 is 0 Å². The highest BCUT2D eigenvalue weighted by molar-refractivity contribution is 7.19. The summed E-state index contributed by atoms with van der Waals surface area (Å²) in [7, 11) is -3.29. The number of nitrogens with zero attached hydrogens (tertiary/aromatic N) is 1. The maximum Gasteiger partial charge on any atom is 0.179 e. The van der Waals surface area contributed by atoms with Crippen molar-refractivity contribution in [2.45, 2.75) is 0 Å². The lowest BCUT2D eigenvalue weighted by Crippen LogP contribution is -2.74. The fraction of sp³-hybridized carbons (Fsp3) is 0. The lowest BCUT2D eigenvalue weighted by atomic mass is 9.96. The van der Waals surface area contributed by atoms with E-state index in [0.717, 1.165) is 92.4 Å². The number of fused-ring (bicyclic) bond motifs is 6. The Morgan fingerprint density at radius 1 is 0.371 bits per heavy atom. The van der Waals surface area contributed by atoms with Gasteiger partial charge in [-0.1, -0.05) is 140 Å². The number of para-hydroxylation sites is 1. The Balaban J connectivity index is 1.16. The SMILES string of the molecule is Fc1ccc([Si](c2ccc(F)cc2)(c2ccc(F)cc2)c2ccc(N(c3ccc4ccc5c6ccccc6oc5c4c3)c3ccc(-c4ccccc4)c4ccccc34)cc2)cc1. The fourth-order valence-electron chi connectivity index (χ4n) is 9.36. The minimum Gasteiger partial charge on any atom is -0.455 e. The smallest absolute Gasteiger partial charge is 0.179 e. The van der Waals surface area contributed by atoms with E-state index in [2.05, 4.69) is 126 Å². The molecule has 0 spiro atoms. The minimum absolute atomic E-state index is 0.360. The maximum absolute atomic E-state index is 14.6. The molecule has 0 fully saturated rings. The molecular formula is C56H36F3NOSi. The average molecular weight is 824 g/mol. The number of furan rings is 1. The molecule has 11 rings (SSSR count). The molecule has 0 atom stereocenters. The zero-order valence-corrected chi connectivity index (χ0v) is 34.3. The molecule has 0 aliphatic rings. The van der Waals surface area contributed by atoms with Crippen LogP contribution in [0.5, 0.6) is 0 Å². The van der Waals surface area contributed by atoms with Crippen LogP contribution in [0.2, 0.25) is 0 Å². The number of halogens is 3. The average Bonchev–Trinajstić information content (AvgIpc) is 3.71. The van der Waals surface area contributed by atoms with Crippen molar-refractivity contribution in [3.05, 3.63) is 236 Å². The van der Waals surface area contributed by atoms with Gasteiger partial charge in [0.15, 0.2) is 8.07 Å². The third kappa shape index (κ3) is 6.18. The lowest BCUT2D eigenvalue weighted by Gasteiger charge is -2.35. The Kier molecular flexibility index (Phi) is 9.09. The quantitative estimate of drug-likeness (QED) is 0.112. The van der Waals surface area contributed by atoms with Crippen LogP contribution in [0.15, 0.2) is 223 Å². The van der Waals surface area contributed by atoms with Gasteiger partial charge in [0, 0.05) is 32.9 Å². The van der Waals surface area contributed by atoms with Crippen molar-refractivity contribution >= 4 is 89.4 Å². The Hall–Kier alpha value is -7.67. The largest absolute Gasteiger partial charge is 0.455 e. The van der Waals surface area contributed by atoms with Crippen LogP contribution in [-0.2, 0) is 0 Å². The molecule has 1 heterocycles. The molecule has 0 radical (unpaired) electrons. The molecule has 11 aromatic rings. The van der Waals surface area contributed by atoms with Crippen molar-refractivity contribution in [2.24, 2.45) is 0 Å². The summed E-state index contributed by atoms with van der Waals surface area (Å²) in [6.45, 7) is 0. The Morgan fingerprint density at radius 3 is 1.48 bits per heavy atom. The first-order chi connectivity index (χ1) is 30.5. The Morgan fingerprint density at radius 2 is 0.871 bits per heavy atom. The zero-order chi connectivity index (χ0) is 41.8. The molecule has 0 aliphatic heterocycles. The van der Waals surface area contributed by atoms with Crippen LogP contribution in [0, 0.1) is 17.5 Å². The van der Waals surface area contributed by atoms with Gasteiger partial charge in [0.2, 0.25) is 0 Å². The lowest BCUT2D eigenvalue weighted by molar-refractivity contribution is 0.628. The molecule has 296 valence electrons. The summed E-state index contributed by atoms with van der Waals surface area (Å²) in [5.41, 5.74) is 6.77. The van der Waals surface area contributed by atoms with Gasteiger partial charge in [0.05, 0.1) is 5.69 Å². The van der Waals surface area contributed by atoms with Crippen LogP contribution in [0.25, 0.3) is 54.6 Å². The topological polar surface area (TPSA) is 16.4 Å². The van der Waals surface area contributed by atoms with Gasteiger partial charge < -0.3 is 9.32 Å². The minimum atomic E-state index is -3.29. The maximum atomic E-state index is 14.6. The van der Waals surface area contributed by atoms with E-state index in [-0.39, 0.29) is 17.5 Å². The molecule has 0 saturated carbocycles. The van der Waals surface area contributed by atoms with Gasteiger partial charge in [-0.15, -0.1) is 0 Å². The summed E-state index contributed by atoms with van der Waals surface area (Å²) < 4.78 is 50.4. The van der Waals surface area contributed by atoms with Crippen LogP contribution >= 0.6 is 0 Å². The second-order valence-corrected chi connectivity index (χ2v) is 19.5. The molecular weight excluding hydrogens is 788 g/mol. The first-order valence-corrected chi connectivity index (χ1v) is 22.6. The van der Waals surface area contributed by atoms with Crippen LogP contribution in [-0.4, -0.2) is 8.07 Å². The Labute approximate surface area is 357 Å². The molecule has 10 aromatic carbocycles. The molecule has 0 bridgehead atoms. The summed E-state index contributed by atoms with van der Waals surface area (Å²) in [6.07, 6.45) is 0. The summed E-state index contributed by atoms with van der Waals surface area (Å²) in [5.74, 6) is -1.08. The number of anilines is 3. The van der Waals surface area contributed by atoms with Crippen molar-refractivity contribution in [1.29, 1.82) is 0 Å². The molecule has 0 N–H and O–H groups in total. The number of hydrogen-bond acceptors (Lipinski definition) is 2. The van der Waals surface area contributed by atoms with Gasteiger partial charge in [-0.2, -0.15) is 0 Å². The van der Waals surface area contributed by atoms with Gasteiger partial charge in [0.25, 0.3) is 0 Å². The number of benzene rings is 10. The van der Waals surface area contributed by atoms with Crippen molar-refractivity contribution in [1.82, 2.24) is 0 Å². The third-order valence-electron chi connectivity index (χ3n) is 12.2. The molecule has 0 amide bonds. The van der Waals surface area contributed by atoms with E-state index in [1.54, 1.807) is 0 Å². The van der Waals surface area contributed by atoms with Crippen LogP contribution < -0.4 is 25.6 Å². The second kappa shape index (κ2) is 15.1. The third-order valence-corrected chi connectivity index (χ3v) is 17.0. The number of rotatable bonds is 8. The standard InChI is InChI=1S/C56H36F3NOSi/c57-39-16-25-44(26-17-39)62(45-27-18-40(58)19-28-45,46-29-20-41(59)21-30-46)47-31-23-42(24-32-47)60(54-35-34-48(37-8-2-1-3-9-37)49-10-4-5-11-50(49)54)43-22-14-38-15-33-52-51-12-6-7-13-55(51)61-56(52)53(38)36-43/h1-36H. The first kappa shape index (κ1) is 37.3. The van der Waals surface area contributed by atoms with Crippen LogP contribution in [0.3, 0.4) is 0 Å². The second-order valence-electron chi connectivity index (χ2n) is 15.6. The van der Waals surface area contributed by atoms with E-state index in [0.29, 0.717) is 0 Å². The van der Waals surface area contributed by atoms with Crippen molar-refractivity contribution in [3.8, 4) is 11.1 Å². The van der Waals surface area contributed by atoms with Crippen molar-refractivity contribution < 1.29 is 17.6 Å². The summed E-state index contributed by atoms with van der Waals surface area (Å²) in [6, 6.07) is 70.4. The summed E-state index contributed by atoms with van der Waals surface area (Å²) >= 11 is 0. The predicted molar refractivity (Wildman–Crippen MR) is 252 cm³/mol. The van der Waals surface area contributed by atoms with Gasteiger partial charge in [-0.3, -0.25) is 0 Å². The first-order valence-electron chi connectivity index (χ1n) is 20.6. The van der Waals surface area contributed by atoms with Gasteiger partial charge in [-0.25, -0.2) is 13.2 Å². The van der Waals surface area contributed by atoms with Crippen molar-refractivity contribution in [3.63, 3.8) is 0 Å². The monoisotopic (exact) mass is 823 g/mol. The van der Waals surface area contributed by atoms with Crippen molar-refractivity contribution in [2.75, 3.05) is 4.90 Å². The van der Waals surface area contributed by atoms with Gasteiger partial charge in [0.1, 0.15) is 28.6 Å². The summed E-state index contributed by atoms with van der Waals surface area (Å²) in [5, 5.41) is 10.0. The number of hydrogen-bond donors (Lipinski definition) is 0. The fourth-order valence-corrected chi connectivity index (χ4v) is 14.0. The molecule has 0 saturated heterocycles. The highest BCUT2D eigenvalue weighted by Gasteiger charge is 2.41. The van der Waals surface area contributed by atoms with E-state index in [4.69, 9.17) is 4.42 Å². The van der Waals surface area contributed by atoms with E-state index in [1.165, 1.54) is 36.4 Å². The van der Waals surface area contributed by atoms with Crippen LogP contribution in [0.4, 0.5) is 30.2 Å². The van der Waals surface area contributed by atoms with E-state index in [9.17, 15) is 13.2 Å². The van der Waals surface area contributed by atoms with Crippen LogP contribution in [0.1, 0.15) is 0 Å². The molecule has 6 heteroatoms. The molecule has 1 aromatic heterocycles. The van der Waals surface area contributed by atoms with Gasteiger partial charge in [-0.05, 0) is 122 Å². The highest BCUT2D eigenvalue weighted by atomic mass is 28.3. The normalized spacial score (nSPS) is 11.8. The van der Waals surface area contributed by atoms with E-state index in [1.807, 2.05) is 60.7 Å². The van der Waals surface area contributed by atoms with E-state index < -0.39 is 8.07 Å². The molecule has 0 unspecified atom stereocenters. The highest BCUT2D eigenvalue weighted by Crippen LogP contribution is 2.44. The predicted octanol–water partition coefficient (Wildman–Crippen LogP) is 12.8. The zero-order valence-electron chi connectivity index (χ0n) is 33.3.